The van der Waals surface area contributed by atoms with Gasteiger partial charge in [-0.25, -0.2) is 0 Å². The van der Waals surface area contributed by atoms with Crippen molar-refractivity contribution in [2.24, 2.45) is 0 Å². The predicted molar refractivity (Wildman–Crippen MR) is 63.3 cm³/mol. The van der Waals surface area contributed by atoms with E-state index in [4.69, 9.17) is 4.74 Å². The Morgan fingerprint density at radius 1 is 1.31 bits per heavy atom. The summed E-state index contributed by atoms with van der Waals surface area (Å²) in [7, 11) is 0. The van der Waals surface area contributed by atoms with Crippen LogP contribution >= 0.6 is 0 Å². The molecule has 0 spiro atoms. The number of esters is 1. The second-order valence-electron chi connectivity index (χ2n) is 3.11. The zero-order valence-electron chi connectivity index (χ0n) is 9.36. The quantitative estimate of drug-likeness (QED) is 0.353. The number of ether oxygens (including phenoxy) is 1. The van der Waals surface area contributed by atoms with Gasteiger partial charge in [0.05, 0.1) is 0 Å². The molecule has 0 aliphatic rings. The molecular weight excluding hydrogens is 271 g/mol. The summed E-state index contributed by atoms with van der Waals surface area (Å²) in [5.41, 5.74) is 0.651. The van der Waals surface area contributed by atoms with Gasteiger partial charge in [0.2, 0.25) is 0 Å². The third-order valence-electron chi connectivity index (χ3n) is 2.02. The second-order valence-corrected chi connectivity index (χ2v) is 4.88. The van der Waals surface area contributed by atoms with E-state index in [9.17, 15) is 9.59 Å². The molecule has 0 aromatic heterocycles. The van der Waals surface area contributed by atoms with E-state index in [0.717, 1.165) is 4.46 Å². The number of ketones is 1. The van der Waals surface area contributed by atoms with Crippen molar-refractivity contribution in [1.82, 2.24) is 0 Å². The zero-order valence-corrected chi connectivity index (χ0v) is 11.1. The molecule has 86 valence electrons. The van der Waals surface area contributed by atoms with E-state index < -0.39 is 5.97 Å². The Balaban J connectivity index is 2.76. The SMILES string of the molecule is CCOC(=O)CC(=O)c1ccccc1[Se]C. The van der Waals surface area contributed by atoms with Crippen molar-refractivity contribution in [3.05, 3.63) is 29.8 Å². The molecule has 1 aromatic rings. The Bertz CT molecular complexity index is 388. The zero-order chi connectivity index (χ0) is 12.0. The fraction of sp³-hybridized carbons (Fsp3) is 0.333. The van der Waals surface area contributed by atoms with Crippen LogP contribution < -0.4 is 4.46 Å². The van der Waals surface area contributed by atoms with Gasteiger partial charge in [-0.1, -0.05) is 0 Å². The first kappa shape index (κ1) is 12.9. The first-order chi connectivity index (χ1) is 7.69. The van der Waals surface area contributed by atoms with Gasteiger partial charge >= 0.3 is 101 Å². The van der Waals surface area contributed by atoms with Gasteiger partial charge in [-0.3, -0.25) is 0 Å². The van der Waals surface area contributed by atoms with E-state index in [1.54, 1.807) is 13.0 Å². The Morgan fingerprint density at radius 3 is 2.62 bits per heavy atom. The van der Waals surface area contributed by atoms with E-state index in [1.165, 1.54) is 0 Å². The molecule has 0 radical (unpaired) electrons. The van der Waals surface area contributed by atoms with Crippen LogP contribution in [0.1, 0.15) is 23.7 Å². The molecule has 0 N–H and O–H groups in total. The topological polar surface area (TPSA) is 43.4 Å². The standard InChI is InChI=1S/C12H14O3Se/c1-3-15-12(14)8-10(13)9-6-4-5-7-11(9)16-2/h4-7H,3,8H2,1-2H3. The summed E-state index contributed by atoms with van der Waals surface area (Å²) in [4.78, 5) is 23.0. The van der Waals surface area contributed by atoms with Crippen molar-refractivity contribution >= 4 is 31.2 Å². The molecule has 0 aliphatic heterocycles. The Labute approximate surface area is 101 Å². The molecule has 1 aromatic carbocycles. The van der Waals surface area contributed by atoms with Crippen LogP contribution in [0, 0.1) is 0 Å². The van der Waals surface area contributed by atoms with Crippen LogP contribution in [-0.4, -0.2) is 33.3 Å². The fourth-order valence-electron chi connectivity index (χ4n) is 1.31. The first-order valence-corrected chi connectivity index (χ1v) is 7.57. The van der Waals surface area contributed by atoms with E-state index in [-0.39, 0.29) is 27.2 Å². The number of rotatable bonds is 5. The van der Waals surface area contributed by atoms with Gasteiger partial charge in [-0.2, -0.15) is 0 Å². The van der Waals surface area contributed by atoms with Gasteiger partial charge in [-0.05, 0) is 0 Å². The molecule has 0 aliphatic carbocycles. The average Bonchev–Trinajstić information content (AvgIpc) is 2.29. The van der Waals surface area contributed by atoms with Crippen molar-refractivity contribution in [3.63, 3.8) is 0 Å². The molecule has 1 rings (SSSR count). The second kappa shape index (κ2) is 6.46. The number of Topliss-reactive ketones (excluding diaryl/α,β-unsaturated/α-hetero) is 1. The third kappa shape index (κ3) is 3.47. The van der Waals surface area contributed by atoms with E-state index in [0.29, 0.717) is 12.2 Å². The molecule has 0 atom stereocenters. The van der Waals surface area contributed by atoms with E-state index in [2.05, 4.69) is 0 Å². The summed E-state index contributed by atoms with van der Waals surface area (Å²) < 4.78 is 5.78. The number of hydrogen-bond acceptors (Lipinski definition) is 3. The Hall–Kier alpha value is -1.12. The number of carbonyl (C=O) groups excluding carboxylic acids is 2. The summed E-state index contributed by atoms with van der Waals surface area (Å²) in [6, 6.07) is 7.41. The molecule has 0 saturated carbocycles. The molecule has 3 nitrogen and oxygen atoms in total. The summed E-state index contributed by atoms with van der Waals surface area (Å²) >= 11 is 0.251. The van der Waals surface area contributed by atoms with Crippen LogP contribution in [0.25, 0.3) is 0 Å². The van der Waals surface area contributed by atoms with Gasteiger partial charge in [0, 0.05) is 0 Å². The minimum atomic E-state index is -0.453. The van der Waals surface area contributed by atoms with Crippen molar-refractivity contribution < 1.29 is 14.3 Å². The van der Waals surface area contributed by atoms with Crippen LogP contribution in [0.5, 0.6) is 0 Å². The molecule has 0 unspecified atom stereocenters. The number of benzene rings is 1. The third-order valence-corrected chi connectivity index (χ3v) is 3.69. The van der Waals surface area contributed by atoms with Gasteiger partial charge in [0.25, 0.3) is 0 Å². The molecular formula is C12H14O3Se. The maximum atomic E-state index is 11.8. The molecule has 0 amide bonds. The maximum absolute atomic E-state index is 11.8. The summed E-state index contributed by atoms with van der Waals surface area (Å²) in [6.45, 7) is 2.04. The molecule has 16 heavy (non-hydrogen) atoms. The van der Waals surface area contributed by atoms with Gasteiger partial charge in [-0.15, -0.1) is 0 Å². The summed E-state index contributed by atoms with van der Waals surface area (Å²) in [5.74, 6) is 1.44. The van der Waals surface area contributed by atoms with Crippen molar-refractivity contribution in [1.29, 1.82) is 0 Å². The van der Waals surface area contributed by atoms with Crippen LogP contribution in [0.4, 0.5) is 0 Å². The minimum absolute atomic E-state index is 0.155. The summed E-state index contributed by atoms with van der Waals surface area (Å²) in [5, 5.41) is 0. The molecule has 0 heterocycles. The average molecular weight is 285 g/mol. The molecule has 0 bridgehead atoms. The monoisotopic (exact) mass is 286 g/mol. The van der Waals surface area contributed by atoms with Gasteiger partial charge in [0.1, 0.15) is 0 Å². The predicted octanol–water partition coefficient (Wildman–Crippen LogP) is 1.20. The van der Waals surface area contributed by atoms with Crippen LogP contribution in [0.2, 0.25) is 5.82 Å². The van der Waals surface area contributed by atoms with Crippen molar-refractivity contribution in [2.45, 2.75) is 19.2 Å². The van der Waals surface area contributed by atoms with Crippen LogP contribution in [0.3, 0.4) is 0 Å². The van der Waals surface area contributed by atoms with Gasteiger partial charge in [0.15, 0.2) is 0 Å². The van der Waals surface area contributed by atoms with Crippen LogP contribution in [0.15, 0.2) is 24.3 Å². The number of hydrogen-bond donors (Lipinski definition) is 0. The molecule has 0 fully saturated rings. The van der Waals surface area contributed by atoms with E-state index in [1.807, 2.05) is 24.0 Å². The van der Waals surface area contributed by atoms with Crippen molar-refractivity contribution in [2.75, 3.05) is 6.61 Å². The van der Waals surface area contributed by atoms with Gasteiger partial charge < -0.3 is 0 Å². The Morgan fingerprint density at radius 2 is 2.00 bits per heavy atom. The summed E-state index contributed by atoms with van der Waals surface area (Å²) in [6.07, 6.45) is -0.166. The van der Waals surface area contributed by atoms with E-state index >= 15 is 0 Å². The van der Waals surface area contributed by atoms with Crippen molar-refractivity contribution in [3.8, 4) is 0 Å². The molecule has 4 heteroatoms. The fourth-order valence-corrected chi connectivity index (χ4v) is 2.61. The first-order valence-electron chi connectivity index (χ1n) is 5.00. The molecule has 0 saturated heterocycles. The Kier molecular flexibility index (Phi) is 5.23. The van der Waals surface area contributed by atoms with Crippen LogP contribution in [-0.2, 0) is 9.53 Å². The normalized spacial score (nSPS) is 9.88. The number of carbonyl (C=O) groups is 2.